The van der Waals surface area contributed by atoms with Crippen molar-refractivity contribution in [3.05, 3.63) is 24.4 Å². The molecule has 0 radical (unpaired) electrons. The maximum atomic E-state index is 5.55. The molecule has 1 unspecified atom stereocenters. The highest BCUT2D eigenvalue weighted by Gasteiger charge is 2.12. The second-order valence-electron chi connectivity index (χ2n) is 2.80. The van der Waals surface area contributed by atoms with Gasteiger partial charge in [-0.1, -0.05) is 18.2 Å². The molecule has 0 bridgehead atoms. The van der Waals surface area contributed by atoms with Crippen molar-refractivity contribution < 1.29 is 4.52 Å². The van der Waals surface area contributed by atoms with Crippen molar-refractivity contribution in [1.29, 1.82) is 0 Å². The van der Waals surface area contributed by atoms with Gasteiger partial charge in [-0.15, -0.1) is 19.0 Å². The number of nitrogens with two attached hydrogens (primary N) is 1. The van der Waals surface area contributed by atoms with Crippen molar-refractivity contribution in [1.82, 2.24) is 10.1 Å². The Balaban J connectivity index is 0.00000144. The number of rotatable bonds is 3. The largest absolute Gasteiger partial charge is 0.338 e. The molecular formula is C8H14ClN3O. The molecule has 1 heterocycles. The maximum Gasteiger partial charge on any atom is 0.243 e. The van der Waals surface area contributed by atoms with Crippen molar-refractivity contribution in [2.45, 2.75) is 25.8 Å². The Labute approximate surface area is 83.6 Å². The molecule has 0 spiro atoms. The molecule has 0 aliphatic heterocycles. The number of aromatic nitrogens is 2. The average molecular weight is 204 g/mol. The van der Waals surface area contributed by atoms with Gasteiger partial charge in [-0.05, 0) is 6.92 Å². The number of nitrogens with zero attached hydrogens (tertiary/aromatic N) is 2. The number of halogens is 1. The second-order valence-corrected chi connectivity index (χ2v) is 2.80. The molecule has 1 rings (SSSR count). The molecule has 0 aromatic carbocycles. The quantitative estimate of drug-likeness (QED) is 0.761. The molecule has 0 amide bonds. The fraction of sp³-hybridized carbons (Fsp3) is 0.500. The predicted octanol–water partition coefficient (Wildman–Crippen LogP) is 1.80. The van der Waals surface area contributed by atoms with Crippen molar-refractivity contribution in [3.8, 4) is 0 Å². The van der Waals surface area contributed by atoms with Gasteiger partial charge in [0.05, 0.1) is 6.04 Å². The Morgan fingerprint density at radius 1 is 1.54 bits per heavy atom. The second kappa shape index (κ2) is 4.99. The Morgan fingerprint density at radius 3 is 2.54 bits per heavy atom. The summed E-state index contributed by atoms with van der Waals surface area (Å²) in [6, 6.07) is -0.205. The monoisotopic (exact) mass is 203 g/mol. The third kappa shape index (κ3) is 2.82. The lowest BCUT2D eigenvalue weighted by molar-refractivity contribution is 0.356. The molecule has 2 N–H and O–H groups in total. The summed E-state index contributed by atoms with van der Waals surface area (Å²) in [7, 11) is 0. The molecule has 5 heteroatoms. The zero-order valence-electron chi connectivity index (χ0n) is 7.73. The molecule has 0 aliphatic carbocycles. The highest BCUT2D eigenvalue weighted by molar-refractivity contribution is 5.85. The van der Waals surface area contributed by atoms with E-state index in [4.69, 9.17) is 10.3 Å². The molecule has 0 saturated heterocycles. The van der Waals surface area contributed by atoms with Gasteiger partial charge in [0.2, 0.25) is 5.89 Å². The summed E-state index contributed by atoms with van der Waals surface area (Å²) in [6.07, 6.45) is 1.76. The summed E-state index contributed by atoms with van der Waals surface area (Å²) in [6.45, 7) is 7.39. The van der Waals surface area contributed by atoms with Gasteiger partial charge in [-0.3, -0.25) is 0 Å². The molecule has 0 saturated carbocycles. The van der Waals surface area contributed by atoms with Crippen LogP contribution < -0.4 is 5.73 Å². The minimum Gasteiger partial charge on any atom is -0.338 e. The van der Waals surface area contributed by atoms with Crippen LogP contribution in [0.25, 0.3) is 0 Å². The van der Waals surface area contributed by atoms with Crippen LogP contribution in [0.3, 0.4) is 0 Å². The first-order chi connectivity index (χ1) is 5.65. The summed E-state index contributed by atoms with van der Waals surface area (Å²) in [4.78, 5) is 4.11. The van der Waals surface area contributed by atoms with Crippen LogP contribution in [0.5, 0.6) is 0 Å². The fourth-order valence-corrected chi connectivity index (χ4v) is 0.723. The Bertz CT molecular complexity index is 272. The van der Waals surface area contributed by atoms with Gasteiger partial charge in [0.1, 0.15) is 0 Å². The van der Waals surface area contributed by atoms with E-state index in [2.05, 4.69) is 16.7 Å². The molecule has 4 nitrogen and oxygen atoms in total. The summed E-state index contributed by atoms with van der Waals surface area (Å²) in [5.41, 5.74) is 5.55. The predicted molar refractivity (Wildman–Crippen MR) is 52.8 cm³/mol. The van der Waals surface area contributed by atoms with E-state index in [9.17, 15) is 0 Å². The third-order valence-corrected chi connectivity index (χ3v) is 1.61. The van der Waals surface area contributed by atoms with E-state index in [1.54, 1.807) is 13.0 Å². The molecule has 0 fully saturated rings. The molecular weight excluding hydrogens is 190 g/mol. The lowest BCUT2D eigenvalue weighted by Crippen LogP contribution is -2.05. The van der Waals surface area contributed by atoms with Crippen LogP contribution in [0.4, 0.5) is 0 Å². The van der Waals surface area contributed by atoms with E-state index >= 15 is 0 Å². The maximum absolute atomic E-state index is 5.55. The summed E-state index contributed by atoms with van der Waals surface area (Å²) in [5.74, 6) is 1.22. The van der Waals surface area contributed by atoms with E-state index in [1.165, 1.54) is 0 Å². The molecule has 74 valence electrons. The van der Waals surface area contributed by atoms with Crippen LogP contribution in [0.2, 0.25) is 0 Å². The van der Waals surface area contributed by atoms with Gasteiger partial charge in [0.25, 0.3) is 0 Å². The van der Waals surface area contributed by atoms with Crippen LogP contribution in [0, 0.1) is 0 Å². The number of hydrogen-bond acceptors (Lipinski definition) is 4. The first kappa shape index (κ1) is 12.1. The first-order valence-electron chi connectivity index (χ1n) is 3.86. The van der Waals surface area contributed by atoms with E-state index in [0.29, 0.717) is 11.7 Å². The lowest BCUT2D eigenvalue weighted by atomic mass is 10.2. The zero-order chi connectivity index (χ0) is 9.14. The van der Waals surface area contributed by atoms with Gasteiger partial charge >= 0.3 is 0 Å². The molecule has 0 aliphatic rings. The number of hydrogen-bond donors (Lipinski definition) is 1. The first-order valence-corrected chi connectivity index (χ1v) is 3.86. The van der Waals surface area contributed by atoms with Crippen molar-refractivity contribution >= 4 is 12.4 Å². The third-order valence-electron chi connectivity index (χ3n) is 1.61. The van der Waals surface area contributed by atoms with Gasteiger partial charge in [0, 0.05) is 5.92 Å². The standard InChI is InChI=1S/C8H13N3O.ClH/c1-4-5(2)7-10-8(6(3)9)12-11-7;/h4-6H,1,9H2,2-3H3;1H/t5?,6-;/m0./s1. The van der Waals surface area contributed by atoms with Crippen molar-refractivity contribution in [2.75, 3.05) is 0 Å². The molecule has 1 aromatic heterocycles. The SMILES string of the molecule is C=CC(C)c1noc([C@H](C)N)n1.Cl. The van der Waals surface area contributed by atoms with Gasteiger partial charge in [0.15, 0.2) is 5.82 Å². The van der Waals surface area contributed by atoms with E-state index < -0.39 is 0 Å². The van der Waals surface area contributed by atoms with Crippen LogP contribution >= 0.6 is 12.4 Å². The Morgan fingerprint density at radius 2 is 2.15 bits per heavy atom. The zero-order valence-corrected chi connectivity index (χ0v) is 8.54. The molecule has 1 aromatic rings. The minimum atomic E-state index is -0.205. The molecule has 2 atom stereocenters. The Hall–Kier alpha value is -0.870. The van der Waals surface area contributed by atoms with E-state index in [-0.39, 0.29) is 24.4 Å². The van der Waals surface area contributed by atoms with Crippen molar-refractivity contribution in [2.24, 2.45) is 5.73 Å². The van der Waals surface area contributed by atoms with E-state index in [1.807, 2.05) is 6.92 Å². The summed E-state index contributed by atoms with van der Waals surface area (Å²) < 4.78 is 4.92. The topological polar surface area (TPSA) is 64.9 Å². The van der Waals surface area contributed by atoms with Crippen LogP contribution in [-0.4, -0.2) is 10.1 Å². The smallest absolute Gasteiger partial charge is 0.243 e. The highest BCUT2D eigenvalue weighted by Crippen LogP contribution is 2.14. The number of allylic oxidation sites excluding steroid dienone is 1. The van der Waals surface area contributed by atoms with Crippen LogP contribution in [0.1, 0.15) is 37.5 Å². The summed E-state index contributed by atoms with van der Waals surface area (Å²) >= 11 is 0. The van der Waals surface area contributed by atoms with Crippen molar-refractivity contribution in [3.63, 3.8) is 0 Å². The minimum absolute atomic E-state index is 0. The van der Waals surface area contributed by atoms with Gasteiger partial charge < -0.3 is 10.3 Å². The lowest BCUT2D eigenvalue weighted by Gasteiger charge is -1.95. The average Bonchev–Trinajstić information content (AvgIpc) is 2.51. The van der Waals surface area contributed by atoms with E-state index in [0.717, 1.165) is 0 Å². The fourth-order valence-electron chi connectivity index (χ4n) is 0.723. The normalized spacial score (nSPS) is 14.4. The molecule has 13 heavy (non-hydrogen) atoms. The van der Waals surface area contributed by atoms with Gasteiger partial charge in [-0.2, -0.15) is 4.98 Å². The summed E-state index contributed by atoms with van der Waals surface area (Å²) in [5, 5.41) is 3.77. The van der Waals surface area contributed by atoms with Crippen LogP contribution in [0.15, 0.2) is 17.2 Å². The highest BCUT2D eigenvalue weighted by atomic mass is 35.5. The Kier molecular flexibility index (Phi) is 4.66. The van der Waals surface area contributed by atoms with Gasteiger partial charge in [-0.25, -0.2) is 0 Å². The van der Waals surface area contributed by atoms with Crippen LogP contribution in [-0.2, 0) is 0 Å².